The standard InChI is InChI=1S/C12H18N4O2/c17-9-1-3-13-5-8-16-10(18)2-4-14-6-7-15(9)11(13)12(14)16/h11-12H,1-8H2/t11-,12-/m1/s1. The molecule has 4 aliphatic rings. The molecule has 6 nitrogen and oxygen atoms in total. The van der Waals surface area contributed by atoms with Gasteiger partial charge in [-0.1, -0.05) is 0 Å². The molecule has 18 heavy (non-hydrogen) atoms. The van der Waals surface area contributed by atoms with Gasteiger partial charge in [0.15, 0.2) is 0 Å². The third kappa shape index (κ3) is 1.30. The van der Waals surface area contributed by atoms with Gasteiger partial charge in [-0.3, -0.25) is 19.4 Å². The van der Waals surface area contributed by atoms with E-state index in [1.165, 1.54) is 0 Å². The highest BCUT2D eigenvalue weighted by molar-refractivity contribution is 5.80. The fourth-order valence-corrected chi connectivity index (χ4v) is 3.89. The predicted octanol–water partition coefficient (Wildman–Crippen LogP) is -1.27. The molecule has 0 aliphatic carbocycles. The van der Waals surface area contributed by atoms with Crippen molar-refractivity contribution in [3.8, 4) is 0 Å². The first-order valence-corrected chi connectivity index (χ1v) is 6.83. The molecule has 2 amide bonds. The molecule has 6 heteroatoms. The molecule has 0 aromatic rings. The number of hydrogen-bond donors (Lipinski definition) is 0. The van der Waals surface area contributed by atoms with Gasteiger partial charge in [-0.15, -0.1) is 0 Å². The molecule has 0 saturated carbocycles. The van der Waals surface area contributed by atoms with E-state index in [0.29, 0.717) is 12.8 Å². The zero-order valence-corrected chi connectivity index (χ0v) is 10.4. The van der Waals surface area contributed by atoms with Gasteiger partial charge in [0.25, 0.3) is 0 Å². The van der Waals surface area contributed by atoms with Crippen molar-refractivity contribution >= 4 is 11.8 Å². The minimum atomic E-state index is 0.109. The topological polar surface area (TPSA) is 47.1 Å². The number of piperazine rings is 2. The van der Waals surface area contributed by atoms with E-state index in [0.717, 1.165) is 39.3 Å². The molecule has 98 valence electrons. The van der Waals surface area contributed by atoms with Crippen molar-refractivity contribution in [2.75, 3.05) is 39.3 Å². The molecular formula is C12H18N4O2. The second-order valence-corrected chi connectivity index (χ2v) is 5.57. The van der Waals surface area contributed by atoms with E-state index in [4.69, 9.17) is 0 Å². The molecule has 4 fully saturated rings. The van der Waals surface area contributed by atoms with E-state index >= 15 is 0 Å². The summed E-state index contributed by atoms with van der Waals surface area (Å²) in [4.78, 5) is 32.8. The predicted molar refractivity (Wildman–Crippen MR) is 63.4 cm³/mol. The van der Waals surface area contributed by atoms with E-state index in [-0.39, 0.29) is 24.1 Å². The van der Waals surface area contributed by atoms with E-state index < -0.39 is 0 Å². The maximum Gasteiger partial charge on any atom is 0.225 e. The largest absolute Gasteiger partial charge is 0.322 e. The molecule has 2 atom stereocenters. The summed E-state index contributed by atoms with van der Waals surface area (Å²) in [5.41, 5.74) is 0. The van der Waals surface area contributed by atoms with Gasteiger partial charge in [0.2, 0.25) is 11.8 Å². The lowest BCUT2D eigenvalue weighted by molar-refractivity contribution is -0.196. The maximum absolute atomic E-state index is 12.0. The van der Waals surface area contributed by atoms with Crippen LogP contribution in [0.3, 0.4) is 0 Å². The van der Waals surface area contributed by atoms with Gasteiger partial charge < -0.3 is 9.80 Å². The van der Waals surface area contributed by atoms with Crippen LogP contribution < -0.4 is 0 Å². The van der Waals surface area contributed by atoms with Crippen LogP contribution in [0, 0.1) is 0 Å². The lowest BCUT2D eigenvalue weighted by Gasteiger charge is -2.61. The van der Waals surface area contributed by atoms with Gasteiger partial charge in [0.05, 0.1) is 0 Å². The monoisotopic (exact) mass is 250 g/mol. The Morgan fingerprint density at radius 3 is 1.56 bits per heavy atom. The second-order valence-electron chi connectivity index (χ2n) is 5.57. The summed E-state index contributed by atoms with van der Waals surface area (Å²) in [7, 11) is 0. The maximum atomic E-state index is 12.0. The molecule has 4 rings (SSSR count). The number of carbonyl (C=O) groups is 2. The Morgan fingerprint density at radius 2 is 1.11 bits per heavy atom. The zero-order chi connectivity index (χ0) is 12.3. The fraction of sp³-hybridized carbons (Fsp3) is 0.833. The molecule has 4 heterocycles. The highest BCUT2D eigenvalue weighted by Crippen LogP contribution is 2.32. The minimum absolute atomic E-state index is 0.109. The lowest BCUT2D eigenvalue weighted by atomic mass is 10.0. The van der Waals surface area contributed by atoms with E-state index in [2.05, 4.69) is 9.80 Å². The minimum Gasteiger partial charge on any atom is -0.322 e. The van der Waals surface area contributed by atoms with Crippen LogP contribution in [0.1, 0.15) is 12.8 Å². The van der Waals surface area contributed by atoms with Crippen molar-refractivity contribution < 1.29 is 9.59 Å². The summed E-state index contributed by atoms with van der Waals surface area (Å²) in [5, 5.41) is 0. The highest BCUT2D eigenvalue weighted by atomic mass is 16.2. The molecule has 0 aromatic heterocycles. The number of amides is 2. The Kier molecular flexibility index (Phi) is 2.20. The zero-order valence-electron chi connectivity index (χ0n) is 10.4. The van der Waals surface area contributed by atoms with Crippen LogP contribution in [0.5, 0.6) is 0 Å². The summed E-state index contributed by atoms with van der Waals surface area (Å²) in [6.07, 6.45) is 1.49. The SMILES string of the molecule is O=C1CCN2CCN3C(=O)CCN4CCN1[C@@H]2[C@H]43. The molecule has 0 spiro atoms. The normalized spacial score (nSPS) is 36.9. The molecule has 0 unspecified atom stereocenters. The van der Waals surface area contributed by atoms with Gasteiger partial charge in [0, 0.05) is 52.1 Å². The van der Waals surface area contributed by atoms with Gasteiger partial charge in [-0.2, -0.15) is 0 Å². The molecule has 0 bridgehead atoms. The number of rotatable bonds is 0. The smallest absolute Gasteiger partial charge is 0.225 e. The van der Waals surface area contributed by atoms with Crippen LogP contribution in [0.15, 0.2) is 0 Å². The van der Waals surface area contributed by atoms with Crippen LogP contribution in [-0.2, 0) is 9.59 Å². The van der Waals surface area contributed by atoms with E-state index in [1.54, 1.807) is 0 Å². The fourth-order valence-electron chi connectivity index (χ4n) is 3.89. The van der Waals surface area contributed by atoms with Crippen LogP contribution in [0.2, 0.25) is 0 Å². The summed E-state index contributed by atoms with van der Waals surface area (Å²) < 4.78 is 0. The van der Waals surface area contributed by atoms with Crippen LogP contribution in [0.4, 0.5) is 0 Å². The van der Waals surface area contributed by atoms with Gasteiger partial charge in [0.1, 0.15) is 12.3 Å². The Labute approximate surface area is 106 Å². The Hall–Kier alpha value is -1.14. The molecule has 4 aliphatic heterocycles. The summed E-state index contributed by atoms with van der Waals surface area (Å²) >= 11 is 0. The molecule has 0 radical (unpaired) electrons. The van der Waals surface area contributed by atoms with Gasteiger partial charge >= 0.3 is 0 Å². The van der Waals surface area contributed by atoms with E-state index in [9.17, 15) is 9.59 Å². The molecule has 0 N–H and O–H groups in total. The van der Waals surface area contributed by atoms with Crippen LogP contribution in [-0.4, -0.2) is 83.0 Å². The number of hydrogen-bond acceptors (Lipinski definition) is 4. The third-order valence-electron chi connectivity index (χ3n) is 4.78. The quantitative estimate of drug-likeness (QED) is 0.538. The van der Waals surface area contributed by atoms with Crippen LogP contribution >= 0.6 is 0 Å². The van der Waals surface area contributed by atoms with Crippen molar-refractivity contribution in [3.05, 3.63) is 0 Å². The first kappa shape index (κ1) is 10.8. The number of nitrogens with zero attached hydrogens (tertiary/aromatic N) is 4. The number of carbonyl (C=O) groups excluding carboxylic acids is 2. The Morgan fingerprint density at radius 1 is 0.667 bits per heavy atom. The Balaban J connectivity index is 1.72. The van der Waals surface area contributed by atoms with Gasteiger partial charge in [-0.25, -0.2) is 0 Å². The van der Waals surface area contributed by atoms with E-state index in [1.807, 2.05) is 9.80 Å². The first-order chi connectivity index (χ1) is 8.75. The summed E-state index contributed by atoms with van der Waals surface area (Å²) in [5.74, 6) is 0.520. The van der Waals surface area contributed by atoms with Gasteiger partial charge in [-0.05, 0) is 0 Å². The highest BCUT2D eigenvalue weighted by Gasteiger charge is 2.52. The van der Waals surface area contributed by atoms with Crippen molar-refractivity contribution in [2.45, 2.75) is 25.2 Å². The third-order valence-corrected chi connectivity index (χ3v) is 4.78. The summed E-state index contributed by atoms with van der Waals surface area (Å²) in [6, 6.07) is 0. The second kappa shape index (κ2) is 3.68. The average Bonchev–Trinajstić information content (AvgIpc) is 2.40. The first-order valence-electron chi connectivity index (χ1n) is 6.83. The molecular weight excluding hydrogens is 232 g/mol. The van der Waals surface area contributed by atoms with Crippen molar-refractivity contribution in [1.82, 2.24) is 19.6 Å². The Bertz CT molecular complexity index is 375. The summed E-state index contributed by atoms with van der Waals surface area (Å²) in [6.45, 7) is 5.16. The van der Waals surface area contributed by atoms with Crippen molar-refractivity contribution in [2.24, 2.45) is 0 Å². The molecule has 0 aromatic carbocycles. The van der Waals surface area contributed by atoms with Crippen LogP contribution in [0.25, 0.3) is 0 Å². The molecule has 4 saturated heterocycles. The van der Waals surface area contributed by atoms with Crippen molar-refractivity contribution in [3.63, 3.8) is 0 Å². The van der Waals surface area contributed by atoms with Crippen molar-refractivity contribution in [1.29, 1.82) is 0 Å². The average molecular weight is 250 g/mol. The lowest BCUT2D eigenvalue weighted by Crippen LogP contribution is -2.78.